The maximum atomic E-state index is 12.9. The van der Waals surface area contributed by atoms with Gasteiger partial charge >= 0.3 is 6.18 Å². The lowest BCUT2D eigenvalue weighted by Gasteiger charge is -2.14. The summed E-state index contributed by atoms with van der Waals surface area (Å²) in [5.41, 5.74) is 5.59. The van der Waals surface area contributed by atoms with Crippen LogP contribution in [-0.4, -0.2) is 5.91 Å². The van der Waals surface area contributed by atoms with Crippen LogP contribution in [0, 0.1) is 11.3 Å². The van der Waals surface area contributed by atoms with Crippen molar-refractivity contribution in [3.8, 4) is 17.2 Å². The van der Waals surface area contributed by atoms with Crippen molar-refractivity contribution >= 4 is 5.91 Å². The Balaban J connectivity index is 2.81. The highest BCUT2D eigenvalue weighted by Crippen LogP contribution is 2.35. The number of nitrogens with two attached hydrogens (primary N) is 1. The second-order valence-corrected chi connectivity index (χ2v) is 4.93. The van der Waals surface area contributed by atoms with Gasteiger partial charge in [0.25, 0.3) is 0 Å². The Morgan fingerprint density at radius 1 is 1.26 bits per heavy atom. The van der Waals surface area contributed by atoms with E-state index in [0.717, 1.165) is 12.1 Å². The van der Waals surface area contributed by atoms with Crippen molar-refractivity contribution < 1.29 is 18.0 Å². The molecule has 0 aliphatic heterocycles. The Morgan fingerprint density at radius 2 is 1.96 bits per heavy atom. The molecule has 0 spiro atoms. The topological polar surface area (TPSA) is 66.9 Å². The second kappa shape index (κ2) is 6.13. The van der Waals surface area contributed by atoms with Crippen molar-refractivity contribution in [3.63, 3.8) is 0 Å². The quantitative estimate of drug-likeness (QED) is 0.932. The van der Waals surface area contributed by atoms with Gasteiger partial charge in [-0.25, -0.2) is 0 Å². The number of carbonyl (C=O) groups excluding carboxylic acids is 1. The number of halogens is 3. The van der Waals surface area contributed by atoms with Crippen LogP contribution in [-0.2, 0) is 12.6 Å². The molecule has 2 aromatic carbocycles. The van der Waals surface area contributed by atoms with Gasteiger partial charge in [-0.2, -0.15) is 18.4 Å². The van der Waals surface area contributed by atoms with Gasteiger partial charge in [-0.3, -0.25) is 4.79 Å². The van der Waals surface area contributed by atoms with Gasteiger partial charge in [-0.05, 0) is 35.7 Å². The standard InChI is InChI=1S/C17H13F3N2O/c1-2-10-6-7-13(16(22)23)15(14(10)9-21)11-4-3-5-12(8-11)17(18,19)20/h3-8H,2H2,1H3,(H2,22,23). The number of benzene rings is 2. The first-order valence-corrected chi connectivity index (χ1v) is 6.83. The number of hydrogen-bond acceptors (Lipinski definition) is 2. The molecule has 0 bridgehead atoms. The predicted molar refractivity (Wildman–Crippen MR) is 79.5 cm³/mol. The van der Waals surface area contributed by atoms with Gasteiger partial charge in [0, 0.05) is 11.1 Å². The fraction of sp³-hybridized carbons (Fsp3) is 0.176. The van der Waals surface area contributed by atoms with Crippen LogP contribution in [0.25, 0.3) is 11.1 Å². The lowest BCUT2D eigenvalue weighted by molar-refractivity contribution is -0.137. The van der Waals surface area contributed by atoms with Gasteiger partial charge in [0.2, 0.25) is 5.91 Å². The van der Waals surface area contributed by atoms with Crippen LogP contribution < -0.4 is 5.73 Å². The summed E-state index contributed by atoms with van der Waals surface area (Å²) in [5.74, 6) is -0.795. The lowest BCUT2D eigenvalue weighted by Crippen LogP contribution is -2.14. The van der Waals surface area contributed by atoms with E-state index >= 15 is 0 Å². The van der Waals surface area contributed by atoms with Crippen molar-refractivity contribution in [1.29, 1.82) is 5.26 Å². The molecule has 1 amide bonds. The summed E-state index contributed by atoms with van der Waals surface area (Å²) in [6.07, 6.45) is -4.01. The molecule has 0 radical (unpaired) electrons. The van der Waals surface area contributed by atoms with Crippen molar-refractivity contribution in [2.45, 2.75) is 19.5 Å². The predicted octanol–water partition coefficient (Wildman–Crippen LogP) is 3.91. The molecule has 23 heavy (non-hydrogen) atoms. The highest BCUT2D eigenvalue weighted by Gasteiger charge is 2.31. The van der Waals surface area contributed by atoms with E-state index in [0.29, 0.717) is 12.0 Å². The van der Waals surface area contributed by atoms with Crippen molar-refractivity contribution in [2.24, 2.45) is 5.73 Å². The summed E-state index contributed by atoms with van der Waals surface area (Å²) >= 11 is 0. The SMILES string of the molecule is CCc1ccc(C(N)=O)c(-c2cccc(C(F)(F)F)c2)c1C#N. The molecule has 0 aromatic heterocycles. The first-order chi connectivity index (χ1) is 10.8. The first kappa shape index (κ1) is 16.6. The van der Waals surface area contributed by atoms with Gasteiger partial charge in [0.1, 0.15) is 6.07 Å². The van der Waals surface area contributed by atoms with Gasteiger partial charge < -0.3 is 5.73 Å². The fourth-order valence-electron chi connectivity index (χ4n) is 2.42. The summed E-state index contributed by atoms with van der Waals surface area (Å²) in [4.78, 5) is 11.6. The molecule has 2 aromatic rings. The average Bonchev–Trinajstić information content (AvgIpc) is 2.52. The van der Waals surface area contributed by atoms with Crippen LogP contribution in [0.3, 0.4) is 0 Å². The maximum absolute atomic E-state index is 12.9. The highest BCUT2D eigenvalue weighted by molar-refractivity contribution is 6.01. The van der Waals surface area contributed by atoms with Crippen LogP contribution in [0.5, 0.6) is 0 Å². The van der Waals surface area contributed by atoms with E-state index in [2.05, 4.69) is 0 Å². The largest absolute Gasteiger partial charge is 0.416 e. The summed E-state index contributed by atoms with van der Waals surface area (Å²) in [6, 6.07) is 9.53. The highest BCUT2D eigenvalue weighted by atomic mass is 19.4. The van der Waals surface area contributed by atoms with Gasteiger partial charge in [0.15, 0.2) is 0 Å². The Kier molecular flexibility index (Phi) is 4.41. The zero-order chi connectivity index (χ0) is 17.2. The monoisotopic (exact) mass is 318 g/mol. The molecule has 0 fully saturated rings. The summed E-state index contributed by atoms with van der Waals surface area (Å²) in [7, 11) is 0. The molecule has 0 atom stereocenters. The number of primary amides is 1. The second-order valence-electron chi connectivity index (χ2n) is 4.93. The van der Waals surface area contributed by atoms with Crippen LogP contribution in [0.1, 0.15) is 34.0 Å². The molecule has 2 rings (SSSR count). The first-order valence-electron chi connectivity index (χ1n) is 6.83. The number of nitriles is 1. The molecule has 2 N–H and O–H groups in total. The number of amides is 1. The van der Waals surface area contributed by atoms with Crippen LogP contribution in [0.15, 0.2) is 36.4 Å². The summed E-state index contributed by atoms with van der Waals surface area (Å²) in [6.45, 7) is 1.82. The molecule has 0 unspecified atom stereocenters. The van der Waals surface area contributed by atoms with E-state index in [4.69, 9.17) is 5.73 Å². The minimum atomic E-state index is -4.52. The normalized spacial score (nSPS) is 11.1. The van der Waals surface area contributed by atoms with Crippen LogP contribution >= 0.6 is 0 Å². The lowest BCUT2D eigenvalue weighted by atomic mass is 9.89. The van der Waals surface area contributed by atoms with Gasteiger partial charge in [-0.15, -0.1) is 0 Å². The number of aryl methyl sites for hydroxylation is 1. The van der Waals surface area contributed by atoms with Crippen LogP contribution in [0.4, 0.5) is 13.2 Å². The molecule has 6 heteroatoms. The van der Waals surface area contributed by atoms with Gasteiger partial charge in [-0.1, -0.05) is 25.1 Å². The average molecular weight is 318 g/mol. The third kappa shape index (κ3) is 3.19. The number of alkyl halides is 3. The van der Waals surface area contributed by atoms with E-state index in [1.165, 1.54) is 18.2 Å². The number of carbonyl (C=O) groups is 1. The molecular formula is C17H13F3N2O. The zero-order valence-electron chi connectivity index (χ0n) is 12.2. The molecule has 0 saturated carbocycles. The third-order valence-corrected chi connectivity index (χ3v) is 3.53. The number of hydrogen-bond donors (Lipinski definition) is 1. The van der Waals surface area contributed by atoms with Gasteiger partial charge in [0.05, 0.1) is 11.1 Å². The van der Waals surface area contributed by atoms with E-state index in [-0.39, 0.29) is 22.3 Å². The number of rotatable bonds is 3. The Bertz CT molecular complexity index is 804. The summed E-state index contributed by atoms with van der Waals surface area (Å²) in [5, 5.41) is 9.40. The van der Waals surface area contributed by atoms with E-state index in [1.807, 2.05) is 13.0 Å². The van der Waals surface area contributed by atoms with Crippen LogP contribution in [0.2, 0.25) is 0 Å². The molecule has 0 saturated heterocycles. The molecule has 3 nitrogen and oxygen atoms in total. The Labute approximate surface area is 131 Å². The Hall–Kier alpha value is -2.81. The Morgan fingerprint density at radius 3 is 2.48 bits per heavy atom. The maximum Gasteiger partial charge on any atom is 0.416 e. The zero-order valence-corrected chi connectivity index (χ0v) is 12.2. The van der Waals surface area contributed by atoms with E-state index in [9.17, 15) is 23.2 Å². The van der Waals surface area contributed by atoms with E-state index < -0.39 is 17.6 Å². The molecule has 118 valence electrons. The van der Waals surface area contributed by atoms with Crippen molar-refractivity contribution in [1.82, 2.24) is 0 Å². The molecule has 0 heterocycles. The van der Waals surface area contributed by atoms with Crippen molar-refractivity contribution in [2.75, 3.05) is 0 Å². The fourth-order valence-corrected chi connectivity index (χ4v) is 2.42. The smallest absolute Gasteiger partial charge is 0.366 e. The summed E-state index contributed by atoms with van der Waals surface area (Å²) < 4.78 is 38.7. The van der Waals surface area contributed by atoms with Crippen molar-refractivity contribution in [3.05, 3.63) is 58.7 Å². The molecule has 0 aliphatic carbocycles. The molecule has 0 aliphatic rings. The number of nitrogens with zero attached hydrogens (tertiary/aromatic N) is 1. The third-order valence-electron chi connectivity index (χ3n) is 3.53. The minimum absolute atomic E-state index is 0.0260. The minimum Gasteiger partial charge on any atom is -0.366 e. The molecular weight excluding hydrogens is 305 g/mol. The van der Waals surface area contributed by atoms with E-state index in [1.54, 1.807) is 6.07 Å².